The van der Waals surface area contributed by atoms with Gasteiger partial charge in [-0.25, -0.2) is 4.99 Å². The van der Waals surface area contributed by atoms with Crippen LogP contribution in [0.1, 0.15) is 49.1 Å². The van der Waals surface area contributed by atoms with Crippen LogP contribution in [0, 0.1) is 0 Å². The lowest BCUT2D eigenvalue weighted by Crippen LogP contribution is -2.18. The fraction of sp³-hybridized carbons (Fsp3) is 0.250. The smallest absolute Gasteiger partial charge is 0.211 e. The average molecular weight is 402 g/mol. The molecule has 0 spiro atoms. The van der Waals surface area contributed by atoms with Gasteiger partial charge in [0, 0.05) is 22.9 Å². The van der Waals surface area contributed by atoms with E-state index in [1.54, 1.807) is 11.3 Å². The summed E-state index contributed by atoms with van der Waals surface area (Å²) in [5.74, 6) is 0.321. The molecule has 3 aromatic rings. The second-order valence-corrected chi connectivity index (χ2v) is 8.61. The molecule has 2 aromatic carbocycles. The van der Waals surface area contributed by atoms with Gasteiger partial charge in [0.1, 0.15) is 0 Å². The van der Waals surface area contributed by atoms with Gasteiger partial charge in [-0.1, -0.05) is 60.6 Å². The fourth-order valence-corrected chi connectivity index (χ4v) is 5.27. The summed E-state index contributed by atoms with van der Waals surface area (Å²) in [5.41, 5.74) is 5.07. The largest absolute Gasteiger partial charge is 0.493 e. The summed E-state index contributed by atoms with van der Waals surface area (Å²) in [7, 11) is 0. The zero-order chi connectivity index (χ0) is 19.8. The maximum atomic E-state index is 11.2. The minimum atomic E-state index is 0.312. The van der Waals surface area contributed by atoms with Crippen molar-refractivity contribution in [1.29, 1.82) is 0 Å². The SMILES string of the molecule is CC1=Nc2ccccc2C1=Cc1sc(=Nc2ccccc2)n(C2CCCC2)c1O. The lowest BCUT2D eigenvalue weighted by atomic mass is 10.0. The van der Waals surface area contributed by atoms with E-state index in [1.807, 2.05) is 60.0 Å². The quantitative estimate of drug-likeness (QED) is 0.554. The van der Waals surface area contributed by atoms with Crippen molar-refractivity contribution >= 4 is 40.1 Å². The zero-order valence-electron chi connectivity index (χ0n) is 16.4. The normalized spacial score (nSPS) is 18.4. The number of fused-ring (bicyclic) bond motifs is 1. The van der Waals surface area contributed by atoms with Crippen LogP contribution in [0.25, 0.3) is 11.6 Å². The molecule has 0 bridgehead atoms. The molecule has 0 atom stereocenters. The number of benzene rings is 2. The first-order valence-corrected chi connectivity index (χ1v) is 10.9. The molecule has 1 fully saturated rings. The van der Waals surface area contributed by atoms with Crippen LogP contribution in [-0.4, -0.2) is 15.4 Å². The third-order valence-electron chi connectivity index (χ3n) is 5.67. The van der Waals surface area contributed by atoms with Crippen LogP contribution in [0.5, 0.6) is 5.88 Å². The van der Waals surface area contributed by atoms with Crippen molar-refractivity contribution in [2.24, 2.45) is 9.98 Å². The molecule has 1 saturated carbocycles. The summed E-state index contributed by atoms with van der Waals surface area (Å²) >= 11 is 1.55. The molecule has 0 saturated heterocycles. The highest BCUT2D eigenvalue weighted by molar-refractivity contribution is 7.10. The molecule has 29 heavy (non-hydrogen) atoms. The van der Waals surface area contributed by atoms with Crippen molar-refractivity contribution in [3.05, 3.63) is 69.8 Å². The molecule has 4 nitrogen and oxygen atoms in total. The Morgan fingerprint density at radius 2 is 1.79 bits per heavy atom. The van der Waals surface area contributed by atoms with Crippen LogP contribution in [-0.2, 0) is 0 Å². The number of para-hydroxylation sites is 2. The number of hydrogen-bond donors (Lipinski definition) is 1. The van der Waals surface area contributed by atoms with Gasteiger partial charge >= 0.3 is 0 Å². The predicted molar refractivity (Wildman–Crippen MR) is 120 cm³/mol. The third kappa shape index (κ3) is 3.36. The summed E-state index contributed by atoms with van der Waals surface area (Å²) in [6, 6.07) is 18.4. The van der Waals surface area contributed by atoms with Crippen LogP contribution in [0.2, 0.25) is 0 Å². The van der Waals surface area contributed by atoms with Gasteiger partial charge in [-0.3, -0.25) is 9.56 Å². The Hall–Kier alpha value is -2.92. The molecule has 0 amide bonds. The number of aliphatic imine (C=N–C) groups is 1. The molecule has 0 radical (unpaired) electrons. The van der Waals surface area contributed by atoms with Gasteiger partial charge in [-0.2, -0.15) is 0 Å². The van der Waals surface area contributed by atoms with E-state index in [1.165, 1.54) is 12.8 Å². The summed E-state index contributed by atoms with van der Waals surface area (Å²) in [6.07, 6.45) is 6.65. The van der Waals surface area contributed by atoms with E-state index in [4.69, 9.17) is 4.99 Å². The lowest BCUT2D eigenvalue weighted by Gasteiger charge is -2.12. The number of allylic oxidation sites excluding steroid dienone is 1. The Morgan fingerprint density at radius 3 is 2.59 bits per heavy atom. The van der Waals surface area contributed by atoms with Crippen molar-refractivity contribution in [1.82, 2.24) is 4.57 Å². The van der Waals surface area contributed by atoms with Crippen molar-refractivity contribution in [2.45, 2.75) is 38.6 Å². The molecular weight excluding hydrogens is 378 g/mol. The van der Waals surface area contributed by atoms with Crippen molar-refractivity contribution < 1.29 is 5.11 Å². The Kier molecular flexibility index (Phi) is 4.68. The van der Waals surface area contributed by atoms with Gasteiger partial charge in [0.2, 0.25) is 5.88 Å². The van der Waals surface area contributed by atoms with Gasteiger partial charge in [-0.15, -0.1) is 0 Å². The van der Waals surface area contributed by atoms with Crippen LogP contribution < -0.4 is 4.80 Å². The van der Waals surface area contributed by atoms with Crippen molar-refractivity contribution in [2.75, 3.05) is 0 Å². The minimum Gasteiger partial charge on any atom is -0.493 e. The topological polar surface area (TPSA) is 49.9 Å². The molecule has 1 aliphatic heterocycles. The Balaban J connectivity index is 1.66. The van der Waals surface area contributed by atoms with Crippen LogP contribution in [0.15, 0.2) is 64.6 Å². The third-order valence-corrected chi connectivity index (χ3v) is 6.67. The van der Waals surface area contributed by atoms with E-state index >= 15 is 0 Å². The molecule has 5 rings (SSSR count). The number of nitrogens with zero attached hydrogens (tertiary/aromatic N) is 3. The first kappa shape index (κ1) is 18.1. The van der Waals surface area contributed by atoms with E-state index in [-0.39, 0.29) is 0 Å². The second-order valence-electron chi connectivity index (χ2n) is 7.60. The zero-order valence-corrected chi connectivity index (χ0v) is 17.2. The Labute approximate surface area is 174 Å². The second kappa shape index (κ2) is 7.48. The lowest BCUT2D eigenvalue weighted by molar-refractivity contribution is 0.375. The summed E-state index contributed by atoms with van der Waals surface area (Å²) in [6.45, 7) is 2.02. The summed E-state index contributed by atoms with van der Waals surface area (Å²) in [4.78, 5) is 11.2. The Morgan fingerprint density at radius 1 is 1.07 bits per heavy atom. The first-order valence-electron chi connectivity index (χ1n) is 10.1. The van der Waals surface area contributed by atoms with Gasteiger partial charge in [0.05, 0.1) is 16.3 Å². The molecule has 1 aromatic heterocycles. The van der Waals surface area contributed by atoms with Gasteiger partial charge in [0.15, 0.2) is 4.80 Å². The maximum Gasteiger partial charge on any atom is 0.211 e. The highest BCUT2D eigenvalue weighted by Gasteiger charge is 2.24. The van der Waals surface area contributed by atoms with Gasteiger partial charge in [-0.05, 0) is 44.0 Å². The molecule has 2 heterocycles. The molecule has 5 heteroatoms. The number of rotatable bonds is 3. The van der Waals surface area contributed by atoms with E-state index in [0.29, 0.717) is 11.9 Å². The maximum absolute atomic E-state index is 11.2. The standard InChI is InChI=1S/C24H23N3OS/c1-16-20(19-13-7-8-14-21(19)25-16)15-22-23(28)27(18-11-5-6-12-18)24(29-22)26-17-9-3-2-4-10-17/h2-4,7-10,13-15,18,28H,5-6,11-12H2,1H3. The predicted octanol–water partition coefficient (Wildman–Crippen LogP) is 6.25. The minimum absolute atomic E-state index is 0.312. The fourth-order valence-electron chi connectivity index (χ4n) is 4.23. The molecule has 1 aliphatic carbocycles. The van der Waals surface area contributed by atoms with E-state index in [2.05, 4.69) is 17.1 Å². The van der Waals surface area contributed by atoms with Gasteiger partial charge < -0.3 is 5.11 Å². The first-order chi connectivity index (χ1) is 14.2. The monoisotopic (exact) mass is 401 g/mol. The van der Waals surface area contributed by atoms with Gasteiger partial charge in [0.25, 0.3) is 0 Å². The number of aromatic nitrogens is 1. The molecule has 0 unspecified atom stereocenters. The molecule has 1 N–H and O–H groups in total. The Bertz CT molecular complexity index is 1180. The molecular formula is C24H23N3OS. The summed E-state index contributed by atoms with van der Waals surface area (Å²) < 4.78 is 2.05. The highest BCUT2D eigenvalue weighted by Crippen LogP contribution is 2.39. The van der Waals surface area contributed by atoms with Crippen LogP contribution >= 0.6 is 11.3 Å². The van der Waals surface area contributed by atoms with Crippen molar-refractivity contribution in [3.63, 3.8) is 0 Å². The average Bonchev–Trinajstić information content (AvgIpc) is 3.43. The van der Waals surface area contributed by atoms with Crippen LogP contribution in [0.4, 0.5) is 11.4 Å². The van der Waals surface area contributed by atoms with E-state index in [0.717, 1.165) is 50.7 Å². The van der Waals surface area contributed by atoms with E-state index < -0.39 is 0 Å². The van der Waals surface area contributed by atoms with E-state index in [9.17, 15) is 5.11 Å². The molecule has 146 valence electrons. The highest BCUT2D eigenvalue weighted by atomic mass is 32.1. The summed E-state index contributed by atoms with van der Waals surface area (Å²) in [5, 5.41) is 11.2. The number of thiazole rings is 1. The number of hydrogen-bond acceptors (Lipinski definition) is 4. The van der Waals surface area contributed by atoms with Crippen LogP contribution in [0.3, 0.4) is 0 Å². The molecule has 2 aliphatic rings. The van der Waals surface area contributed by atoms with Crippen molar-refractivity contribution in [3.8, 4) is 5.88 Å². The number of aromatic hydroxyl groups is 1.